The molecule has 1 heterocycles. The molecule has 6 nitrogen and oxygen atoms in total. The van der Waals surface area contributed by atoms with Crippen molar-refractivity contribution in [2.45, 2.75) is 0 Å². The summed E-state index contributed by atoms with van der Waals surface area (Å²) in [6.07, 6.45) is 0. The first-order valence-electron chi connectivity index (χ1n) is 5.33. The molecule has 0 aliphatic heterocycles. The first-order chi connectivity index (χ1) is 9.06. The van der Waals surface area contributed by atoms with Crippen LogP contribution in [-0.4, -0.2) is 21.1 Å². The summed E-state index contributed by atoms with van der Waals surface area (Å²) in [4.78, 5) is 23.0. The van der Waals surface area contributed by atoms with E-state index in [0.717, 1.165) is 0 Å². The van der Waals surface area contributed by atoms with Crippen LogP contribution in [0.25, 0.3) is 0 Å². The highest BCUT2D eigenvalue weighted by Gasteiger charge is 2.07. The average molecular weight is 274 g/mol. The first-order valence-corrected chi connectivity index (χ1v) is 5.74. The van der Waals surface area contributed by atoms with Gasteiger partial charge in [0.15, 0.2) is 5.82 Å². The number of anilines is 1. The van der Waals surface area contributed by atoms with Crippen molar-refractivity contribution >= 4 is 28.9 Å². The Kier molecular flexibility index (Phi) is 3.67. The number of H-pyrrole nitrogens is 1. The van der Waals surface area contributed by atoms with E-state index < -0.39 is 0 Å². The van der Waals surface area contributed by atoms with E-state index in [1.54, 1.807) is 24.3 Å². The SMILES string of the molecule is NC(=S)c1ccc(C(=O)Nc2ccc(=O)[nH]n2)cc1. The number of carbonyl (C=O) groups is 1. The van der Waals surface area contributed by atoms with Gasteiger partial charge in [-0.1, -0.05) is 24.4 Å². The molecule has 0 saturated heterocycles. The minimum absolute atomic E-state index is 0.267. The number of aromatic nitrogens is 2. The van der Waals surface area contributed by atoms with Crippen LogP contribution < -0.4 is 16.6 Å². The van der Waals surface area contributed by atoms with Gasteiger partial charge in [0.2, 0.25) is 0 Å². The molecule has 2 rings (SSSR count). The van der Waals surface area contributed by atoms with Gasteiger partial charge in [-0.3, -0.25) is 9.59 Å². The molecule has 4 N–H and O–H groups in total. The maximum atomic E-state index is 11.9. The summed E-state index contributed by atoms with van der Waals surface area (Å²) in [5.41, 5.74) is 6.26. The third-order valence-corrected chi connectivity index (χ3v) is 2.59. The van der Waals surface area contributed by atoms with Crippen LogP contribution in [-0.2, 0) is 0 Å². The number of aromatic amines is 1. The average Bonchev–Trinajstić information content (AvgIpc) is 2.41. The molecule has 96 valence electrons. The predicted octanol–water partition coefficient (Wildman–Crippen LogP) is 0.656. The number of hydrogen-bond donors (Lipinski definition) is 3. The summed E-state index contributed by atoms with van der Waals surface area (Å²) in [6.45, 7) is 0. The van der Waals surface area contributed by atoms with E-state index in [0.29, 0.717) is 11.1 Å². The van der Waals surface area contributed by atoms with Gasteiger partial charge in [0.25, 0.3) is 11.5 Å². The van der Waals surface area contributed by atoms with Gasteiger partial charge in [-0.2, -0.15) is 5.10 Å². The molecule has 2 aromatic rings. The Morgan fingerprint density at radius 2 is 1.79 bits per heavy atom. The summed E-state index contributed by atoms with van der Waals surface area (Å²) < 4.78 is 0. The summed E-state index contributed by atoms with van der Waals surface area (Å²) in [7, 11) is 0. The predicted molar refractivity (Wildman–Crippen MR) is 75.1 cm³/mol. The van der Waals surface area contributed by atoms with E-state index in [4.69, 9.17) is 18.0 Å². The van der Waals surface area contributed by atoms with Crippen molar-refractivity contribution in [3.63, 3.8) is 0 Å². The Morgan fingerprint density at radius 1 is 1.16 bits per heavy atom. The fourth-order valence-corrected chi connectivity index (χ4v) is 1.52. The molecule has 1 aromatic heterocycles. The van der Waals surface area contributed by atoms with E-state index in [2.05, 4.69) is 15.5 Å². The van der Waals surface area contributed by atoms with Crippen molar-refractivity contribution in [2.75, 3.05) is 5.32 Å². The molecule has 0 spiro atoms. The van der Waals surface area contributed by atoms with Crippen LogP contribution in [0.15, 0.2) is 41.2 Å². The zero-order valence-corrected chi connectivity index (χ0v) is 10.5. The van der Waals surface area contributed by atoms with E-state index in [-0.39, 0.29) is 22.3 Å². The van der Waals surface area contributed by atoms with Gasteiger partial charge in [-0.25, -0.2) is 5.10 Å². The van der Waals surface area contributed by atoms with Gasteiger partial charge in [-0.05, 0) is 18.2 Å². The largest absolute Gasteiger partial charge is 0.389 e. The number of nitrogens with one attached hydrogen (secondary N) is 2. The van der Waals surface area contributed by atoms with E-state index in [1.165, 1.54) is 12.1 Å². The fraction of sp³-hybridized carbons (Fsp3) is 0. The van der Waals surface area contributed by atoms with Gasteiger partial charge in [0, 0.05) is 17.2 Å². The second kappa shape index (κ2) is 5.40. The van der Waals surface area contributed by atoms with E-state index >= 15 is 0 Å². The van der Waals surface area contributed by atoms with Gasteiger partial charge < -0.3 is 11.1 Å². The highest BCUT2D eigenvalue weighted by Crippen LogP contribution is 2.07. The number of benzene rings is 1. The molecule has 1 aromatic carbocycles. The van der Waals surface area contributed by atoms with E-state index in [1.807, 2.05) is 0 Å². The van der Waals surface area contributed by atoms with Crippen LogP contribution >= 0.6 is 12.2 Å². The first kappa shape index (κ1) is 12.9. The minimum Gasteiger partial charge on any atom is -0.389 e. The Morgan fingerprint density at radius 3 is 2.32 bits per heavy atom. The molecule has 1 amide bonds. The monoisotopic (exact) mass is 274 g/mol. The smallest absolute Gasteiger partial charge is 0.264 e. The highest BCUT2D eigenvalue weighted by molar-refractivity contribution is 7.80. The van der Waals surface area contributed by atoms with Crippen LogP contribution in [0.1, 0.15) is 15.9 Å². The molecule has 0 unspecified atom stereocenters. The number of carbonyl (C=O) groups excluding carboxylic acids is 1. The van der Waals surface area contributed by atoms with Crippen molar-refractivity contribution in [1.82, 2.24) is 10.2 Å². The normalized spacial score (nSPS) is 9.89. The third-order valence-electron chi connectivity index (χ3n) is 2.35. The lowest BCUT2D eigenvalue weighted by molar-refractivity contribution is 0.102. The Labute approximate surface area is 113 Å². The molecular formula is C12H10N4O2S. The zero-order chi connectivity index (χ0) is 13.8. The summed E-state index contributed by atoms with van der Waals surface area (Å²) >= 11 is 4.82. The lowest BCUT2D eigenvalue weighted by Gasteiger charge is -2.04. The van der Waals surface area contributed by atoms with Crippen LogP contribution in [0.4, 0.5) is 5.82 Å². The minimum atomic E-state index is -0.339. The fourth-order valence-electron chi connectivity index (χ4n) is 1.39. The zero-order valence-electron chi connectivity index (χ0n) is 9.71. The maximum absolute atomic E-state index is 11.9. The number of nitrogens with two attached hydrogens (primary N) is 1. The summed E-state index contributed by atoms with van der Waals surface area (Å²) in [5.74, 6) is -0.0722. The second-order valence-electron chi connectivity index (χ2n) is 3.70. The van der Waals surface area contributed by atoms with Crippen LogP contribution in [0.5, 0.6) is 0 Å². The summed E-state index contributed by atoms with van der Waals surface area (Å²) in [5, 5.41) is 8.46. The Bertz CT molecular complexity index is 658. The van der Waals surface area contributed by atoms with Gasteiger partial charge in [-0.15, -0.1) is 0 Å². The molecule has 7 heteroatoms. The maximum Gasteiger partial charge on any atom is 0.264 e. The van der Waals surface area contributed by atoms with Gasteiger partial charge in [0.05, 0.1) is 0 Å². The van der Waals surface area contributed by atoms with Crippen molar-refractivity contribution in [3.8, 4) is 0 Å². The number of thiocarbonyl (C=S) groups is 1. The molecule has 0 bridgehead atoms. The quantitative estimate of drug-likeness (QED) is 0.714. The van der Waals surface area contributed by atoms with Gasteiger partial charge in [0.1, 0.15) is 4.99 Å². The van der Waals surface area contributed by atoms with Gasteiger partial charge >= 0.3 is 0 Å². The van der Waals surface area contributed by atoms with Crippen molar-refractivity contribution in [3.05, 3.63) is 57.9 Å². The lowest BCUT2D eigenvalue weighted by atomic mass is 10.1. The third kappa shape index (κ3) is 3.23. The van der Waals surface area contributed by atoms with Crippen molar-refractivity contribution in [1.29, 1.82) is 0 Å². The van der Waals surface area contributed by atoms with Crippen molar-refractivity contribution < 1.29 is 4.79 Å². The summed E-state index contributed by atoms with van der Waals surface area (Å²) in [6, 6.07) is 9.23. The number of nitrogens with zero attached hydrogens (tertiary/aromatic N) is 1. The lowest BCUT2D eigenvalue weighted by Crippen LogP contribution is -2.16. The number of hydrogen-bond acceptors (Lipinski definition) is 4. The van der Waals surface area contributed by atoms with E-state index in [9.17, 15) is 9.59 Å². The Balaban J connectivity index is 2.13. The highest BCUT2D eigenvalue weighted by atomic mass is 32.1. The molecule has 0 aliphatic carbocycles. The second-order valence-corrected chi connectivity index (χ2v) is 4.14. The molecule has 0 radical (unpaired) electrons. The van der Waals surface area contributed by atoms with Crippen LogP contribution in [0.3, 0.4) is 0 Å². The van der Waals surface area contributed by atoms with Crippen LogP contribution in [0, 0.1) is 0 Å². The molecule has 0 saturated carbocycles. The molecule has 19 heavy (non-hydrogen) atoms. The topological polar surface area (TPSA) is 101 Å². The standard InChI is InChI=1S/C12H10N4O2S/c13-11(19)7-1-3-8(4-2-7)12(18)14-9-5-6-10(17)16-15-9/h1-6H,(H2,13,19)(H,16,17)(H,14,15,18). The molecule has 0 fully saturated rings. The number of amides is 1. The number of rotatable bonds is 3. The van der Waals surface area contributed by atoms with Crippen LogP contribution in [0.2, 0.25) is 0 Å². The van der Waals surface area contributed by atoms with Crippen molar-refractivity contribution in [2.24, 2.45) is 5.73 Å². The molecule has 0 atom stereocenters. The molecular weight excluding hydrogens is 264 g/mol. The Hall–Kier alpha value is -2.54. The molecule has 0 aliphatic rings.